The molecule has 6 heteroatoms. The van der Waals surface area contributed by atoms with Gasteiger partial charge in [-0.3, -0.25) is 9.48 Å². The number of benzene rings is 1. The summed E-state index contributed by atoms with van der Waals surface area (Å²) in [7, 11) is 3.78. The monoisotopic (exact) mass is 338 g/mol. The van der Waals surface area contributed by atoms with Crippen molar-refractivity contribution in [2.24, 2.45) is 13.0 Å². The first-order valence-corrected chi connectivity index (χ1v) is 8.53. The van der Waals surface area contributed by atoms with Gasteiger partial charge in [-0.1, -0.05) is 18.2 Å². The molecule has 1 aliphatic heterocycles. The average Bonchev–Trinajstić information content (AvgIpc) is 3.28. The van der Waals surface area contributed by atoms with Gasteiger partial charge in [0.1, 0.15) is 5.58 Å². The van der Waals surface area contributed by atoms with Gasteiger partial charge in [0.05, 0.1) is 18.5 Å². The molecule has 1 amide bonds. The normalized spacial score (nSPS) is 20.7. The third-order valence-electron chi connectivity index (χ3n) is 5.04. The second-order valence-corrected chi connectivity index (χ2v) is 6.75. The number of carbonyl (C=O) groups is 1. The van der Waals surface area contributed by atoms with Crippen molar-refractivity contribution in [2.75, 3.05) is 13.6 Å². The molecule has 3 aromatic rings. The predicted octanol–water partition coefficient (Wildman–Crippen LogP) is 2.48. The molecule has 1 N–H and O–H groups in total. The molecule has 1 aromatic carbocycles. The van der Waals surface area contributed by atoms with Gasteiger partial charge in [0, 0.05) is 62.2 Å². The number of nitrogens with one attached hydrogen (secondary N) is 1. The van der Waals surface area contributed by atoms with Gasteiger partial charge in [-0.15, -0.1) is 0 Å². The standard InChI is InChI=1S/C19H22N4O2/c1-22-11-14(10-21-22)19-13(7-18(24)23(19)2)8-20-9-15-12-25-17-6-4-3-5-16(15)17/h3-6,10-13,19-20H,7-9H2,1-2H3/t13-,19+/m0/s1. The summed E-state index contributed by atoms with van der Waals surface area (Å²) in [6.07, 6.45) is 6.23. The van der Waals surface area contributed by atoms with Gasteiger partial charge in [0.2, 0.25) is 5.91 Å². The zero-order valence-electron chi connectivity index (χ0n) is 14.5. The summed E-state index contributed by atoms with van der Waals surface area (Å²) in [5.74, 6) is 0.425. The van der Waals surface area contributed by atoms with Crippen LogP contribution < -0.4 is 5.32 Å². The third kappa shape index (κ3) is 2.93. The largest absolute Gasteiger partial charge is 0.464 e. The number of amides is 1. The van der Waals surface area contributed by atoms with Crippen LogP contribution in [-0.4, -0.2) is 34.2 Å². The fraction of sp³-hybridized carbons (Fsp3) is 0.368. The number of para-hydroxylation sites is 1. The van der Waals surface area contributed by atoms with Crippen LogP contribution in [0, 0.1) is 5.92 Å². The van der Waals surface area contributed by atoms with Crippen molar-refractivity contribution < 1.29 is 9.21 Å². The van der Waals surface area contributed by atoms with Crippen LogP contribution in [0.5, 0.6) is 0 Å². The number of nitrogens with zero attached hydrogens (tertiary/aromatic N) is 3. The van der Waals surface area contributed by atoms with Crippen molar-refractivity contribution in [3.05, 3.63) is 54.0 Å². The van der Waals surface area contributed by atoms with Gasteiger partial charge in [-0.25, -0.2) is 0 Å². The number of furan rings is 1. The molecule has 0 saturated carbocycles. The number of hydrogen-bond acceptors (Lipinski definition) is 4. The lowest BCUT2D eigenvalue weighted by atomic mass is 9.95. The summed E-state index contributed by atoms with van der Waals surface area (Å²) in [6.45, 7) is 1.50. The summed E-state index contributed by atoms with van der Waals surface area (Å²) in [5.41, 5.74) is 3.14. The van der Waals surface area contributed by atoms with Crippen LogP contribution in [0.2, 0.25) is 0 Å². The van der Waals surface area contributed by atoms with E-state index in [1.807, 2.05) is 55.9 Å². The Morgan fingerprint density at radius 2 is 2.16 bits per heavy atom. The molecule has 130 valence electrons. The van der Waals surface area contributed by atoms with E-state index in [1.165, 1.54) is 0 Å². The van der Waals surface area contributed by atoms with E-state index in [9.17, 15) is 4.79 Å². The van der Waals surface area contributed by atoms with Gasteiger partial charge in [0.15, 0.2) is 0 Å². The topological polar surface area (TPSA) is 63.3 Å². The van der Waals surface area contributed by atoms with Gasteiger partial charge in [-0.2, -0.15) is 5.10 Å². The van der Waals surface area contributed by atoms with Gasteiger partial charge in [0.25, 0.3) is 0 Å². The molecule has 4 rings (SSSR count). The molecule has 0 unspecified atom stereocenters. The van der Waals surface area contributed by atoms with Crippen molar-refractivity contribution in [3.8, 4) is 0 Å². The number of aromatic nitrogens is 2. The SMILES string of the molecule is CN1C(=O)C[C@@H](CNCc2coc3ccccc23)[C@@H]1c1cnn(C)c1. The summed E-state index contributed by atoms with van der Waals surface area (Å²) >= 11 is 0. The molecule has 2 aromatic heterocycles. The van der Waals surface area contributed by atoms with Gasteiger partial charge >= 0.3 is 0 Å². The maximum absolute atomic E-state index is 12.2. The second-order valence-electron chi connectivity index (χ2n) is 6.75. The highest BCUT2D eigenvalue weighted by atomic mass is 16.3. The first-order chi connectivity index (χ1) is 12.1. The number of carbonyl (C=O) groups excluding carboxylic acids is 1. The molecular weight excluding hydrogens is 316 g/mol. The summed E-state index contributed by atoms with van der Waals surface area (Å²) in [4.78, 5) is 14.0. The Balaban J connectivity index is 1.45. The van der Waals surface area contributed by atoms with Crippen LogP contribution in [0.25, 0.3) is 11.0 Å². The third-order valence-corrected chi connectivity index (χ3v) is 5.04. The molecule has 0 spiro atoms. The van der Waals surface area contributed by atoms with Crippen LogP contribution >= 0.6 is 0 Å². The van der Waals surface area contributed by atoms with E-state index in [2.05, 4.69) is 16.5 Å². The van der Waals surface area contributed by atoms with Crippen LogP contribution in [0.15, 0.2) is 47.3 Å². The molecule has 25 heavy (non-hydrogen) atoms. The van der Waals surface area contributed by atoms with Crippen molar-refractivity contribution in [1.29, 1.82) is 0 Å². The maximum atomic E-state index is 12.2. The summed E-state index contributed by atoms with van der Waals surface area (Å²) in [5, 5.41) is 8.90. The highest BCUT2D eigenvalue weighted by molar-refractivity contribution is 5.81. The van der Waals surface area contributed by atoms with Crippen LogP contribution in [-0.2, 0) is 18.4 Å². The van der Waals surface area contributed by atoms with E-state index in [-0.39, 0.29) is 17.9 Å². The molecule has 0 aliphatic carbocycles. The minimum atomic E-state index is 0.0785. The van der Waals surface area contributed by atoms with Gasteiger partial charge < -0.3 is 14.6 Å². The number of likely N-dealkylation sites (tertiary alicyclic amines) is 1. The minimum Gasteiger partial charge on any atom is -0.464 e. The fourth-order valence-electron chi connectivity index (χ4n) is 3.79. The van der Waals surface area contributed by atoms with Crippen LogP contribution in [0.3, 0.4) is 0 Å². The Labute approximate surface area is 146 Å². The van der Waals surface area contributed by atoms with Crippen molar-refractivity contribution in [2.45, 2.75) is 19.0 Å². The molecule has 0 bridgehead atoms. The lowest BCUT2D eigenvalue weighted by Gasteiger charge is -2.24. The second kappa shape index (κ2) is 6.37. The zero-order chi connectivity index (χ0) is 17.4. The van der Waals surface area contributed by atoms with Crippen molar-refractivity contribution >= 4 is 16.9 Å². The van der Waals surface area contributed by atoms with Crippen LogP contribution in [0.1, 0.15) is 23.6 Å². The van der Waals surface area contributed by atoms with E-state index < -0.39 is 0 Å². The molecule has 3 heterocycles. The quantitative estimate of drug-likeness (QED) is 0.776. The molecule has 6 nitrogen and oxygen atoms in total. The highest BCUT2D eigenvalue weighted by Crippen LogP contribution is 2.36. The highest BCUT2D eigenvalue weighted by Gasteiger charge is 2.38. The van der Waals surface area contributed by atoms with E-state index in [4.69, 9.17) is 4.42 Å². The first kappa shape index (κ1) is 15.9. The van der Waals surface area contributed by atoms with Crippen molar-refractivity contribution in [3.63, 3.8) is 0 Å². The summed E-state index contributed by atoms with van der Waals surface area (Å²) < 4.78 is 7.37. The molecule has 1 saturated heterocycles. The number of rotatable bonds is 5. The summed E-state index contributed by atoms with van der Waals surface area (Å²) in [6, 6.07) is 8.12. The lowest BCUT2D eigenvalue weighted by molar-refractivity contribution is -0.127. The Morgan fingerprint density at radius 1 is 1.32 bits per heavy atom. The Morgan fingerprint density at radius 3 is 2.96 bits per heavy atom. The number of fused-ring (bicyclic) bond motifs is 1. The Bertz CT molecular complexity index is 898. The molecule has 0 radical (unpaired) electrons. The van der Waals surface area contributed by atoms with E-state index in [0.717, 1.165) is 35.2 Å². The van der Waals surface area contributed by atoms with Gasteiger partial charge in [-0.05, 0) is 6.07 Å². The molecule has 2 atom stereocenters. The Hall–Kier alpha value is -2.60. The average molecular weight is 338 g/mol. The van der Waals surface area contributed by atoms with E-state index in [0.29, 0.717) is 6.42 Å². The molecular formula is C19H22N4O2. The molecule has 1 aliphatic rings. The lowest BCUT2D eigenvalue weighted by Crippen LogP contribution is -2.28. The number of hydrogen-bond donors (Lipinski definition) is 1. The minimum absolute atomic E-state index is 0.0785. The first-order valence-electron chi connectivity index (χ1n) is 8.53. The van der Waals surface area contributed by atoms with Crippen molar-refractivity contribution in [1.82, 2.24) is 20.0 Å². The van der Waals surface area contributed by atoms with Crippen LogP contribution in [0.4, 0.5) is 0 Å². The fourth-order valence-corrected chi connectivity index (χ4v) is 3.79. The predicted molar refractivity (Wildman–Crippen MR) is 94.7 cm³/mol. The van der Waals surface area contributed by atoms with E-state index in [1.54, 1.807) is 4.68 Å². The smallest absolute Gasteiger partial charge is 0.223 e. The maximum Gasteiger partial charge on any atom is 0.223 e. The zero-order valence-corrected chi connectivity index (χ0v) is 14.5. The van der Waals surface area contributed by atoms with E-state index >= 15 is 0 Å². The molecule has 1 fully saturated rings. The Kier molecular flexibility index (Phi) is 4.05. The number of aryl methyl sites for hydroxylation is 1.